The monoisotopic (exact) mass is 321 g/mol. The molecule has 1 heterocycles. The van der Waals surface area contributed by atoms with Gasteiger partial charge in [-0.25, -0.2) is 13.1 Å². The fourth-order valence-electron chi connectivity index (χ4n) is 2.51. The summed E-state index contributed by atoms with van der Waals surface area (Å²) in [5.41, 5.74) is 0. The molecule has 1 amide bonds. The van der Waals surface area contributed by atoms with Gasteiger partial charge in [0.2, 0.25) is 15.9 Å². The van der Waals surface area contributed by atoms with Crippen LogP contribution in [0.5, 0.6) is 0 Å². The van der Waals surface area contributed by atoms with E-state index >= 15 is 0 Å². The Morgan fingerprint density at radius 1 is 1.33 bits per heavy atom. The molecule has 124 valence electrons. The van der Waals surface area contributed by atoms with E-state index in [0.29, 0.717) is 6.54 Å². The summed E-state index contributed by atoms with van der Waals surface area (Å²) in [7, 11) is -3.23. The second-order valence-corrected chi connectivity index (χ2v) is 7.32. The summed E-state index contributed by atoms with van der Waals surface area (Å²) in [6.07, 6.45) is 5.44. The van der Waals surface area contributed by atoms with E-state index < -0.39 is 10.0 Å². The Morgan fingerprint density at radius 3 is 2.76 bits per heavy atom. The molecule has 1 rings (SSSR count). The molecule has 21 heavy (non-hydrogen) atoms. The van der Waals surface area contributed by atoms with E-state index in [-0.39, 0.29) is 31.5 Å². The Kier molecular flexibility index (Phi) is 8.16. The van der Waals surface area contributed by atoms with Gasteiger partial charge in [0.1, 0.15) is 0 Å². The summed E-state index contributed by atoms with van der Waals surface area (Å²) >= 11 is 0. The Hall–Kier alpha value is -0.700. The van der Waals surface area contributed by atoms with Crippen LogP contribution >= 0.6 is 0 Å². The van der Waals surface area contributed by atoms with Crippen LogP contribution in [0.3, 0.4) is 0 Å². The van der Waals surface area contributed by atoms with E-state index in [0.717, 1.165) is 32.2 Å². The van der Waals surface area contributed by atoms with E-state index in [9.17, 15) is 18.3 Å². The fourth-order valence-corrected chi connectivity index (χ4v) is 2.98. The van der Waals surface area contributed by atoms with Crippen molar-refractivity contribution in [3.8, 4) is 0 Å². The molecule has 0 aromatic carbocycles. The summed E-state index contributed by atoms with van der Waals surface area (Å²) in [6.45, 7) is 2.78. The molecule has 0 aromatic rings. The lowest BCUT2D eigenvalue weighted by atomic mass is 10.0. The molecule has 8 heteroatoms. The number of aliphatic hydroxyl groups is 1. The molecular formula is C13H27N3O4S. The van der Waals surface area contributed by atoms with Gasteiger partial charge in [-0.2, -0.15) is 0 Å². The number of nitrogens with zero attached hydrogens (tertiary/aromatic N) is 1. The number of piperidine rings is 1. The van der Waals surface area contributed by atoms with Crippen molar-refractivity contribution in [2.45, 2.75) is 38.1 Å². The number of likely N-dealkylation sites (tertiary alicyclic amines) is 1. The fraction of sp³-hybridized carbons (Fsp3) is 0.923. The lowest BCUT2D eigenvalue weighted by Crippen LogP contribution is -2.43. The first-order chi connectivity index (χ1) is 9.92. The molecule has 1 atom stereocenters. The molecule has 0 aromatic heterocycles. The minimum atomic E-state index is -3.23. The number of hydrogen-bond acceptors (Lipinski definition) is 5. The molecule has 1 aliphatic heterocycles. The SMILES string of the molecule is CS(=O)(=O)NCCC(=O)NCCCN1CCCCC1CO. The zero-order valence-electron chi connectivity index (χ0n) is 12.7. The molecule has 0 saturated carbocycles. The Balaban J connectivity index is 2.08. The summed E-state index contributed by atoms with van der Waals surface area (Å²) in [4.78, 5) is 13.8. The molecule has 0 radical (unpaired) electrons. The van der Waals surface area contributed by atoms with Crippen LogP contribution in [0.1, 0.15) is 32.1 Å². The Labute approximate surface area is 127 Å². The second kappa shape index (κ2) is 9.34. The number of carbonyl (C=O) groups is 1. The largest absolute Gasteiger partial charge is 0.395 e. The molecule has 3 N–H and O–H groups in total. The van der Waals surface area contributed by atoms with E-state index in [4.69, 9.17) is 0 Å². The maximum atomic E-state index is 11.5. The van der Waals surface area contributed by atoms with E-state index in [1.165, 1.54) is 12.8 Å². The summed E-state index contributed by atoms with van der Waals surface area (Å²) in [5, 5.41) is 12.1. The topological polar surface area (TPSA) is 98.7 Å². The number of nitrogens with one attached hydrogen (secondary N) is 2. The van der Waals surface area contributed by atoms with Crippen molar-refractivity contribution in [1.29, 1.82) is 0 Å². The summed E-state index contributed by atoms with van der Waals surface area (Å²) < 4.78 is 24.0. The lowest BCUT2D eigenvalue weighted by Gasteiger charge is -2.34. The van der Waals surface area contributed by atoms with Gasteiger partial charge in [0.15, 0.2) is 0 Å². The maximum absolute atomic E-state index is 11.5. The van der Waals surface area contributed by atoms with Crippen LogP contribution in [0.25, 0.3) is 0 Å². The van der Waals surface area contributed by atoms with Gasteiger partial charge in [0.25, 0.3) is 0 Å². The number of rotatable bonds is 9. The van der Waals surface area contributed by atoms with E-state index in [1.54, 1.807) is 0 Å². The summed E-state index contributed by atoms with van der Waals surface area (Å²) in [5.74, 6) is -0.150. The molecule has 0 spiro atoms. The lowest BCUT2D eigenvalue weighted by molar-refractivity contribution is -0.120. The summed E-state index contributed by atoms with van der Waals surface area (Å²) in [6, 6.07) is 0.258. The van der Waals surface area contributed by atoms with Crippen molar-refractivity contribution in [2.75, 3.05) is 39.0 Å². The third kappa shape index (κ3) is 8.35. The Morgan fingerprint density at radius 2 is 2.10 bits per heavy atom. The predicted octanol–water partition coefficient (Wildman–Crippen LogP) is -0.721. The number of sulfonamides is 1. The zero-order valence-corrected chi connectivity index (χ0v) is 13.5. The third-order valence-electron chi connectivity index (χ3n) is 3.62. The third-order valence-corrected chi connectivity index (χ3v) is 4.35. The minimum absolute atomic E-state index is 0.128. The van der Waals surface area contributed by atoms with Crippen LogP contribution < -0.4 is 10.0 Å². The van der Waals surface area contributed by atoms with Crippen molar-refractivity contribution in [2.24, 2.45) is 0 Å². The van der Waals surface area contributed by atoms with E-state index in [1.807, 2.05) is 0 Å². The molecule has 7 nitrogen and oxygen atoms in total. The van der Waals surface area contributed by atoms with Gasteiger partial charge in [-0.1, -0.05) is 6.42 Å². The number of amides is 1. The highest BCUT2D eigenvalue weighted by Crippen LogP contribution is 2.16. The van der Waals surface area contributed by atoms with Crippen LogP contribution in [0, 0.1) is 0 Å². The molecule has 1 unspecified atom stereocenters. The van der Waals surface area contributed by atoms with Gasteiger partial charge in [-0.15, -0.1) is 0 Å². The van der Waals surface area contributed by atoms with Crippen molar-refractivity contribution in [3.05, 3.63) is 0 Å². The smallest absolute Gasteiger partial charge is 0.221 e. The van der Waals surface area contributed by atoms with Crippen LogP contribution in [0.15, 0.2) is 0 Å². The highest BCUT2D eigenvalue weighted by atomic mass is 32.2. The number of carbonyl (C=O) groups excluding carboxylic acids is 1. The van der Waals surface area contributed by atoms with Crippen LogP contribution in [-0.2, 0) is 14.8 Å². The van der Waals surface area contributed by atoms with Gasteiger partial charge in [-0.05, 0) is 25.8 Å². The average Bonchev–Trinajstić information content (AvgIpc) is 2.42. The predicted molar refractivity (Wildman–Crippen MR) is 81.4 cm³/mol. The van der Waals surface area contributed by atoms with Gasteiger partial charge in [-0.3, -0.25) is 9.69 Å². The second-order valence-electron chi connectivity index (χ2n) is 5.49. The minimum Gasteiger partial charge on any atom is -0.395 e. The maximum Gasteiger partial charge on any atom is 0.221 e. The zero-order chi connectivity index (χ0) is 15.7. The average molecular weight is 321 g/mol. The Bertz CT molecular complexity index is 414. The molecule has 0 bridgehead atoms. The number of aliphatic hydroxyl groups excluding tert-OH is 1. The van der Waals surface area contributed by atoms with E-state index in [2.05, 4.69) is 14.9 Å². The van der Waals surface area contributed by atoms with Gasteiger partial charge in [0.05, 0.1) is 12.9 Å². The highest BCUT2D eigenvalue weighted by molar-refractivity contribution is 7.88. The van der Waals surface area contributed by atoms with Gasteiger partial charge < -0.3 is 10.4 Å². The quantitative estimate of drug-likeness (QED) is 0.487. The van der Waals surface area contributed by atoms with Crippen molar-refractivity contribution >= 4 is 15.9 Å². The van der Waals surface area contributed by atoms with Gasteiger partial charge in [0, 0.05) is 32.1 Å². The van der Waals surface area contributed by atoms with Crippen LogP contribution in [0.2, 0.25) is 0 Å². The standard InChI is InChI=1S/C13H27N3O4S/c1-21(19,20)15-8-6-13(18)14-7-4-10-16-9-3-2-5-12(16)11-17/h12,15,17H,2-11H2,1H3,(H,14,18). The number of hydrogen-bond donors (Lipinski definition) is 3. The van der Waals surface area contributed by atoms with Crippen molar-refractivity contribution < 1.29 is 18.3 Å². The first kappa shape index (κ1) is 18.3. The molecule has 0 aliphatic carbocycles. The van der Waals surface area contributed by atoms with Crippen molar-refractivity contribution in [3.63, 3.8) is 0 Å². The van der Waals surface area contributed by atoms with Crippen molar-refractivity contribution in [1.82, 2.24) is 14.9 Å². The van der Waals surface area contributed by atoms with Crippen LogP contribution in [-0.4, -0.2) is 69.4 Å². The normalized spacial score (nSPS) is 20.4. The first-order valence-electron chi connectivity index (χ1n) is 7.48. The van der Waals surface area contributed by atoms with Gasteiger partial charge >= 0.3 is 0 Å². The molecule has 1 aliphatic rings. The highest BCUT2D eigenvalue weighted by Gasteiger charge is 2.20. The molecular weight excluding hydrogens is 294 g/mol. The molecule has 1 fully saturated rings. The molecule has 1 saturated heterocycles. The first-order valence-corrected chi connectivity index (χ1v) is 9.38. The van der Waals surface area contributed by atoms with Crippen LogP contribution in [0.4, 0.5) is 0 Å².